The lowest BCUT2D eigenvalue weighted by Crippen LogP contribution is -2.67. The number of carbonyl (C=O) groups is 1. The molecule has 1 spiro atoms. The first-order valence-electron chi connectivity index (χ1n) is 10.5. The van der Waals surface area contributed by atoms with Crippen molar-refractivity contribution in [3.8, 4) is 0 Å². The van der Waals surface area contributed by atoms with E-state index in [0.29, 0.717) is 12.1 Å². The molecule has 1 aromatic heterocycles. The van der Waals surface area contributed by atoms with Crippen molar-refractivity contribution in [2.75, 3.05) is 18.4 Å². The minimum atomic E-state index is -0.238. The standard InChI is InChI=1S/C23H28N4O2/c1-21-15-22(16-21,23(29-21)8-11-24-12-9-23)27-20(28)17-5-4-7-18(13-17)26-14-19-6-2-3-10-25-19/h2-7,10,13,24,26H,8-9,11-12,14-16H2,1H3,(H,27,28). The number of aromatic nitrogens is 1. The number of pyridine rings is 1. The molecular weight excluding hydrogens is 364 g/mol. The lowest BCUT2D eigenvalue weighted by molar-refractivity contribution is -0.0748. The minimum Gasteiger partial charge on any atom is -0.379 e. The number of benzene rings is 1. The fraction of sp³-hybridized carbons (Fsp3) is 0.478. The summed E-state index contributed by atoms with van der Waals surface area (Å²) in [6.45, 7) is 4.69. The molecule has 2 aromatic rings. The molecule has 1 aromatic carbocycles. The van der Waals surface area contributed by atoms with Crippen LogP contribution in [-0.2, 0) is 11.3 Å². The van der Waals surface area contributed by atoms with Crippen molar-refractivity contribution in [3.63, 3.8) is 0 Å². The number of amides is 1. The highest BCUT2D eigenvalue weighted by atomic mass is 16.5. The average Bonchev–Trinajstić information content (AvgIpc) is 3.08. The zero-order chi connectivity index (χ0) is 20.0. The first kappa shape index (κ1) is 18.6. The monoisotopic (exact) mass is 392 g/mol. The number of hydrogen-bond donors (Lipinski definition) is 3. The van der Waals surface area contributed by atoms with Gasteiger partial charge in [-0.1, -0.05) is 12.1 Å². The molecule has 1 saturated carbocycles. The van der Waals surface area contributed by atoms with Crippen molar-refractivity contribution in [1.82, 2.24) is 15.6 Å². The van der Waals surface area contributed by atoms with E-state index in [4.69, 9.17) is 4.74 Å². The van der Waals surface area contributed by atoms with Gasteiger partial charge in [-0.25, -0.2) is 0 Å². The van der Waals surface area contributed by atoms with Gasteiger partial charge in [-0.2, -0.15) is 0 Å². The summed E-state index contributed by atoms with van der Waals surface area (Å²) in [5, 5.41) is 10.2. The fourth-order valence-electron chi connectivity index (χ4n) is 5.56. The number of nitrogens with zero attached hydrogens (tertiary/aromatic N) is 1. The van der Waals surface area contributed by atoms with Crippen LogP contribution < -0.4 is 16.0 Å². The van der Waals surface area contributed by atoms with Gasteiger partial charge >= 0.3 is 0 Å². The van der Waals surface area contributed by atoms with Gasteiger partial charge in [0.2, 0.25) is 0 Å². The molecule has 6 heteroatoms. The largest absolute Gasteiger partial charge is 0.379 e. The van der Waals surface area contributed by atoms with Gasteiger partial charge in [-0.05, 0) is 63.2 Å². The summed E-state index contributed by atoms with van der Waals surface area (Å²) in [5.74, 6) is -0.0167. The van der Waals surface area contributed by atoms with Crippen molar-refractivity contribution >= 4 is 11.6 Å². The third kappa shape index (κ3) is 3.20. The van der Waals surface area contributed by atoms with E-state index in [-0.39, 0.29) is 22.6 Å². The van der Waals surface area contributed by atoms with E-state index in [9.17, 15) is 4.79 Å². The van der Waals surface area contributed by atoms with Crippen LogP contribution >= 0.6 is 0 Å². The summed E-state index contributed by atoms with van der Waals surface area (Å²) in [5.41, 5.74) is 2.01. The van der Waals surface area contributed by atoms with Gasteiger partial charge in [0.1, 0.15) is 0 Å². The Balaban J connectivity index is 1.30. The molecule has 2 bridgehead atoms. The van der Waals surface area contributed by atoms with Crippen LogP contribution in [0.25, 0.3) is 0 Å². The van der Waals surface area contributed by atoms with Crippen LogP contribution in [0.1, 0.15) is 48.7 Å². The van der Waals surface area contributed by atoms with Gasteiger partial charge in [0.05, 0.1) is 29.0 Å². The molecule has 3 aliphatic heterocycles. The first-order chi connectivity index (χ1) is 14.0. The average molecular weight is 393 g/mol. The van der Waals surface area contributed by atoms with Gasteiger partial charge in [0, 0.05) is 30.3 Å². The second kappa shape index (κ2) is 6.82. The van der Waals surface area contributed by atoms with Crippen molar-refractivity contribution < 1.29 is 9.53 Å². The Labute approximate surface area is 171 Å². The Bertz CT molecular complexity index is 902. The molecule has 4 aliphatic rings. The number of hydrogen-bond acceptors (Lipinski definition) is 5. The Kier molecular flexibility index (Phi) is 4.37. The molecule has 6 rings (SSSR count). The lowest BCUT2D eigenvalue weighted by Gasteiger charge is -2.49. The van der Waals surface area contributed by atoms with Gasteiger partial charge in [0.15, 0.2) is 0 Å². The second-order valence-corrected chi connectivity index (χ2v) is 8.94. The minimum absolute atomic E-state index is 0.0167. The highest BCUT2D eigenvalue weighted by Gasteiger charge is 2.73. The van der Waals surface area contributed by atoms with Crippen LogP contribution in [0, 0.1) is 0 Å². The van der Waals surface area contributed by atoms with Gasteiger partial charge in [0.25, 0.3) is 5.91 Å². The first-order valence-corrected chi connectivity index (χ1v) is 10.5. The third-order valence-corrected chi connectivity index (χ3v) is 6.75. The zero-order valence-corrected chi connectivity index (χ0v) is 16.8. The van der Waals surface area contributed by atoms with Crippen molar-refractivity contribution in [1.29, 1.82) is 0 Å². The molecule has 1 aliphatic carbocycles. The van der Waals surface area contributed by atoms with E-state index in [2.05, 4.69) is 27.9 Å². The molecule has 4 fully saturated rings. The number of rotatable bonds is 5. The van der Waals surface area contributed by atoms with Crippen LogP contribution in [0.4, 0.5) is 5.69 Å². The van der Waals surface area contributed by atoms with E-state index < -0.39 is 0 Å². The van der Waals surface area contributed by atoms with Gasteiger partial charge in [-0.15, -0.1) is 0 Å². The smallest absolute Gasteiger partial charge is 0.251 e. The summed E-state index contributed by atoms with van der Waals surface area (Å²) >= 11 is 0. The zero-order valence-electron chi connectivity index (χ0n) is 16.8. The molecule has 4 heterocycles. The maximum absolute atomic E-state index is 13.2. The number of carbonyl (C=O) groups excluding carboxylic acids is 1. The number of nitrogens with one attached hydrogen (secondary N) is 3. The summed E-state index contributed by atoms with van der Waals surface area (Å²) in [4.78, 5) is 17.5. The number of piperidine rings is 1. The summed E-state index contributed by atoms with van der Waals surface area (Å²) in [6, 6.07) is 13.5. The Morgan fingerprint density at radius 2 is 2.00 bits per heavy atom. The quantitative estimate of drug-likeness (QED) is 0.730. The highest BCUT2D eigenvalue weighted by molar-refractivity contribution is 5.96. The van der Waals surface area contributed by atoms with E-state index in [0.717, 1.165) is 50.2 Å². The van der Waals surface area contributed by atoms with Crippen LogP contribution in [0.2, 0.25) is 0 Å². The van der Waals surface area contributed by atoms with Crippen LogP contribution in [0.3, 0.4) is 0 Å². The number of anilines is 1. The Morgan fingerprint density at radius 1 is 1.17 bits per heavy atom. The molecule has 0 atom stereocenters. The summed E-state index contributed by atoms with van der Waals surface area (Å²) < 4.78 is 6.53. The van der Waals surface area contributed by atoms with E-state index in [1.165, 1.54) is 0 Å². The van der Waals surface area contributed by atoms with Gasteiger partial charge < -0.3 is 20.7 Å². The molecule has 0 unspecified atom stereocenters. The van der Waals surface area contributed by atoms with E-state index >= 15 is 0 Å². The second-order valence-electron chi connectivity index (χ2n) is 8.94. The van der Waals surface area contributed by atoms with Crippen molar-refractivity contribution in [3.05, 3.63) is 59.9 Å². The third-order valence-electron chi connectivity index (χ3n) is 6.75. The predicted octanol–water partition coefficient (Wildman–Crippen LogP) is 2.87. The molecule has 6 nitrogen and oxygen atoms in total. The Hall–Kier alpha value is -2.44. The van der Waals surface area contributed by atoms with Crippen molar-refractivity contribution in [2.24, 2.45) is 0 Å². The van der Waals surface area contributed by atoms with Crippen LogP contribution in [0.5, 0.6) is 0 Å². The van der Waals surface area contributed by atoms with E-state index in [1.54, 1.807) is 6.20 Å². The molecular formula is C23H28N4O2. The summed E-state index contributed by atoms with van der Waals surface area (Å²) in [7, 11) is 0. The van der Waals surface area contributed by atoms with Crippen LogP contribution in [0.15, 0.2) is 48.7 Å². The van der Waals surface area contributed by atoms with E-state index in [1.807, 2.05) is 42.5 Å². The number of ether oxygens (including phenoxy) is 1. The Morgan fingerprint density at radius 3 is 2.76 bits per heavy atom. The topological polar surface area (TPSA) is 75.3 Å². The van der Waals surface area contributed by atoms with Gasteiger partial charge in [-0.3, -0.25) is 9.78 Å². The maximum Gasteiger partial charge on any atom is 0.251 e. The highest BCUT2D eigenvalue weighted by Crippen LogP contribution is 2.63. The predicted molar refractivity (Wildman–Crippen MR) is 112 cm³/mol. The lowest BCUT2D eigenvalue weighted by atomic mass is 9.60. The van der Waals surface area contributed by atoms with Crippen LogP contribution in [-0.4, -0.2) is 40.7 Å². The fourth-order valence-corrected chi connectivity index (χ4v) is 5.56. The molecule has 29 heavy (non-hydrogen) atoms. The SMILES string of the molecule is CC12CC(NC(=O)c3cccc(NCc4ccccn4)c3)(C1)C1(CCNCC1)O2. The summed E-state index contributed by atoms with van der Waals surface area (Å²) in [6.07, 6.45) is 5.50. The molecule has 3 N–H and O–H groups in total. The van der Waals surface area contributed by atoms with Crippen molar-refractivity contribution in [2.45, 2.75) is 55.9 Å². The molecule has 3 saturated heterocycles. The molecule has 1 amide bonds. The molecule has 152 valence electrons. The normalized spacial score (nSPS) is 29.3. The maximum atomic E-state index is 13.2. The molecule has 0 radical (unpaired) electrons.